The molecule has 0 radical (unpaired) electrons. The van der Waals surface area contributed by atoms with Gasteiger partial charge in [-0.25, -0.2) is 15.0 Å². The number of nitrogens with zero attached hydrogens (tertiary/aromatic N) is 3. The molecule has 0 spiro atoms. The quantitative estimate of drug-likeness (QED) is 0.795. The molecule has 0 atom stereocenters. The minimum Gasteiger partial charge on any atom is -0.364 e. The average Bonchev–Trinajstić information content (AvgIpc) is 3.08. The first-order chi connectivity index (χ1) is 10.3. The normalized spacial score (nSPS) is 14.3. The van der Waals surface area contributed by atoms with Crippen molar-refractivity contribution < 1.29 is 0 Å². The van der Waals surface area contributed by atoms with Gasteiger partial charge in [-0.2, -0.15) is 0 Å². The van der Waals surface area contributed by atoms with Gasteiger partial charge in [-0.3, -0.25) is 0 Å². The Hall–Kier alpha value is -1.53. The van der Waals surface area contributed by atoms with E-state index in [1.807, 2.05) is 24.5 Å². The lowest BCUT2D eigenvalue weighted by Gasteiger charge is -2.12. The first kappa shape index (κ1) is 13.2. The van der Waals surface area contributed by atoms with E-state index in [-0.39, 0.29) is 0 Å². The van der Waals surface area contributed by atoms with Gasteiger partial charge < -0.3 is 5.32 Å². The number of nitrogens with one attached hydrogen (secondary N) is 1. The molecule has 0 aromatic carbocycles. The number of rotatable bonds is 3. The molecule has 3 aromatic heterocycles. The summed E-state index contributed by atoms with van der Waals surface area (Å²) in [7, 11) is 0. The fraction of sp³-hybridized carbons (Fsp3) is 0.400. The molecule has 4 rings (SSSR count). The van der Waals surface area contributed by atoms with Gasteiger partial charge in [-0.05, 0) is 38.2 Å². The van der Waals surface area contributed by atoms with Crippen molar-refractivity contribution in [2.24, 2.45) is 0 Å². The Morgan fingerprint density at radius 1 is 1.14 bits per heavy atom. The molecule has 0 unspecified atom stereocenters. The zero-order valence-electron chi connectivity index (χ0n) is 11.8. The molecule has 4 nitrogen and oxygen atoms in total. The zero-order valence-corrected chi connectivity index (χ0v) is 13.5. The van der Waals surface area contributed by atoms with Gasteiger partial charge in [0.05, 0.1) is 16.9 Å². The third kappa shape index (κ3) is 2.42. The van der Waals surface area contributed by atoms with E-state index in [0.29, 0.717) is 0 Å². The standard InChI is InChI=1S/C15H16N4S2/c1-9-16-6-10(20-9)7-17-14-13-11-4-2-3-5-12(11)21-15(13)19-8-18-14/h6,8H,2-5,7H2,1H3,(H,17,18,19). The molecule has 3 aromatic rings. The van der Waals surface area contributed by atoms with Crippen molar-refractivity contribution in [3.05, 3.63) is 32.8 Å². The highest BCUT2D eigenvalue weighted by Gasteiger charge is 2.19. The molecule has 3 heterocycles. The average molecular weight is 316 g/mol. The highest BCUT2D eigenvalue weighted by atomic mass is 32.1. The summed E-state index contributed by atoms with van der Waals surface area (Å²) in [6.07, 6.45) is 8.55. The molecule has 108 valence electrons. The Morgan fingerprint density at radius 2 is 2.05 bits per heavy atom. The van der Waals surface area contributed by atoms with Gasteiger partial charge in [-0.1, -0.05) is 0 Å². The number of aryl methyl sites for hydroxylation is 3. The number of hydrogen-bond acceptors (Lipinski definition) is 6. The van der Waals surface area contributed by atoms with Crippen molar-refractivity contribution in [2.75, 3.05) is 5.32 Å². The molecule has 1 aliphatic rings. The van der Waals surface area contributed by atoms with Crippen LogP contribution in [0, 0.1) is 6.92 Å². The highest BCUT2D eigenvalue weighted by Crippen LogP contribution is 2.38. The molecule has 21 heavy (non-hydrogen) atoms. The summed E-state index contributed by atoms with van der Waals surface area (Å²) < 4.78 is 0. The van der Waals surface area contributed by atoms with Crippen LogP contribution in [0.2, 0.25) is 0 Å². The van der Waals surface area contributed by atoms with Crippen molar-refractivity contribution in [1.29, 1.82) is 0 Å². The summed E-state index contributed by atoms with van der Waals surface area (Å²) in [4.78, 5) is 17.1. The molecule has 1 aliphatic carbocycles. The Bertz CT molecular complexity index is 790. The number of hydrogen-bond donors (Lipinski definition) is 1. The van der Waals surface area contributed by atoms with Crippen LogP contribution in [0.4, 0.5) is 5.82 Å². The molecule has 0 amide bonds. The Labute approximate surface area is 131 Å². The van der Waals surface area contributed by atoms with Crippen LogP contribution in [-0.2, 0) is 19.4 Å². The maximum Gasteiger partial charge on any atom is 0.138 e. The smallest absolute Gasteiger partial charge is 0.138 e. The number of anilines is 1. The van der Waals surface area contributed by atoms with Crippen molar-refractivity contribution in [3.63, 3.8) is 0 Å². The van der Waals surface area contributed by atoms with Gasteiger partial charge >= 0.3 is 0 Å². The lowest BCUT2D eigenvalue weighted by Crippen LogP contribution is -2.03. The third-order valence-electron chi connectivity index (χ3n) is 3.85. The molecule has 0 aliphatic heterocycles. The molecular weight excluding hydrogens is 300 g/mol. The number of fused-ring (bicyclic) bond motifs is 3. The summed E-state index contributed by atoms with van der Waals surface area (Å²) in [6.45, 7) is 2.81. The van der Waals surface area contributed by atoms with Crippen LogP contribution >= 0.6 is 22.7 Å². The minimum absolute atomic E-state index is 0.780. The number of thiazole rings is 1. The van der Waals surface area contributed by atoms with Gasteiger partial charge in [0.25, 0.3) is 0 Å². The molecular formula is C15H16N4S2. The van der Waals surface area contributed by atoms with Crippen molar-refractivity contribution in [3.8, 4) is 0 Å². The van der Waals surface area contributed by atoms with Gasteiger partial charge in [0.1, 0.15) is 17.0 Å². The predicted molar refractivity (Wildman–Crippen MR) is 88.2 cm³/mol. The Kier molecular flexibility index (Phi) is 3.35. The second-order valence-electron chi connectivity index (χ2n) is 5.31. The largest absolute Gasteiger partial charge is 0.364 e. The summed E-state index contributed by atoms with van der Waals surface area (Å²) >= 11 is 3.57. The molecule has 0 saturated carbocycles. The molecule has 6 heteroatoms. The summed E-state index contributed by atoms with van der Waals surface area (Å²) in [5, 5.41) is 5.83. The van der Waals surface area contributed by atoms with E-state index in [1.54, 1.807) is 17.7 Å². The van der Waals surface area contributed by atoms with E-state index >= 15 is 0 Å². The van der Waals surface area contributed by atoms with Crippen molar-refractivity contribution in [1.82, 2.24) is 15.0 Å². The van der Waals surface area contributed by atoms with Gasteiger partial charge in [0, 0.05) is 16.0 Å². The Balaban J connectivity index is 1.69. The van der Waals surface area contributed by atoms with Crippen LogP contribution in [0.15, 0.2) is 12.5 Å². The lowest BCUT2D eigenvalue weighted by atomic mass is 9.97. The fourth-order valence-corrected chi connectivity index (χ4v) is 4.85. The van der Waals surface area contributed by atoms with Crippen LogP contribution in [0.3, 0.4) is 0 Å². The van der Waals surface area contributed by atoms with Crippen molar-refractivity contribution in [2.45, 2.75) is 39.2 Å². The highest BCUT2D eigenvalue weighted by molar-refractivity contribution is 7.19. The van der Waals surface area contributed by atoms with E-state index in [1.165, 1.54) is 40.0 Å². The molecule has 1 N–H and O–H groups in total. The number of thiophene rings is 1. The second kappa shape index (κ2) is 5.35. The summed E-state index contributed by atoms with van der Waals surface area (Å²) in [5.74, 6) is 0.977. The summed E-state index contributed by atoms with van der Waals surface area (Å²) in [5.41, 5.74) is 1.48. The maximum atomic E-state index is 4.48. The van der Waals surface area contributed by atoms with E-state index in [9.17, 15) is 0 Å². The van der Waals surface area contributed by atoms with Crippen LogP contribution in [0.1, 0.15) is 33.2 Å². The molecule has 0 saturated heterocycles. The van der Waals surface area contributed by atoms with E-state index in [0.717, 1.165) is 28.6 Å². The molecule has 0 fully saturated rings. The predicted octanol–water partition coefficient (Wildman–Crippen LogP) is 3.95. The monoisotopic (exact) mass is 316 g/mol. The second-order valence-corrected chi connectivity index (χ2v) is 7.72. The maximum absolute atomic E-state index is 4.48. The number of aromatic nitrogens is 3. The third-order valence-corrected chi connectivity index (χ3v) is 5.96. The zero-order chi connectivity index (χ0) is 14.2. The fourth-order valence-electron chi connectivity index (χ4n) is 2.88. The first-order valence-corrected chi connectivity index (χ1v) is 8.85. The van der Waals surface area contributed by atoms with Gasteiger partial charge in [0.2, 0.25) is 0 Å². The Morgan fingerprint density at radius 3 is 2.90 bits per heavy atom. The van der Waals surface area contributed by atoms with E-state index in [4.69, 9.17) is 0 Å². The summed E-state index contributed by atoms with van der Waals surface area (Å²) in [6, 6.07) is 0. The van der Waals surface area contributed by atoms with E-state index < -0.39 is 0 Å². The van der Waals surface area contributed by atoms with E-state index in [2.05, 4.69) is 20.3 Å². The van der Waals surface area contributed by atoms with Crippen molar-refractivity contribution >= 4 is 38.7 Å². The molecule has 0 bridgehead atoms. The van der Waals surface area contributed by atoms with Crippen LogP contribution in [0.25, 0.3) is 10.2 Å². The van der Waals surface area contributed by atoms with Crippen LogP contribution in [-0.4, -0.2) is 15.0 Å². The van der Waals surface area contributed by atoms with Crippen LogP contribution < -0.4 is 5.32 Å². The lowest BCUT2D eigenvalue weighted by molar-refractivity contribution is 0.700. The SMILES string of the molecule is Cc1ncc(CNc2ncnc3sc4c(c23)CCCC4)s1. The van der Waals surface area contributed by atoms with Gasteiger partial charge in [0.15, 0.2) is 0 Å². The topological polar surface area (TPSA) is 50.7 Å². The minimum atomic E-state index is 0.780. The van der Waals surface area contributed by atoms with Crippen LogP contribution in [0.5, 0.6) is 0 Å². The first-order valence-electron chi connectivity index (χ1n) is 7.21. The van der Waals surface area contributed by atoms with Gasteiger partial charge in [-0.15, -0.1) is 22.7 Å².